The van der Waals surface area contributed by atoms with Crippen LogP contribution < -0.4 is 0 Å². The van der Waals surface area contributed by atoms with Crippen molar-refractivity contribution in [1.82, 2.24) is 0 Å². The average molecular weight is 172 g/mol. The lowest BCUT2D eigenvalue weighted by Crippen LogP contribution is -2.01. The zero-order valence-electron chi connectivity index (χ0n) is 6.99. The zero-order chi connectivity index (χ0) is 9.26. The fourth-order valence-corrected chi connectivity index (χ4v) is 1.38. The quantitative estimate of drug-likeness (QED) is 0.555. The van der Waals surface area contributed by atoms with Crippen molar-refractivity contribution < 1.29 is 9.59 Å². The summed E-state index contributed by atoms with van der Waals surface area (Å²) in [6.45, 7) is 0. The number of rotatable bonds is 0. The van der Waals surface area contributed by atoms with Crippen molar-refractivity contribution in [2.45, 2.75) is 6.42 Å². The van der Waals surface area contributed by atoms with Gasteiger partial charge >= 0.3 is 0 Å². The van der Waals surface area contributed by atoms with E-state index < -0.39 is 0 Å². The Kier molecular flexibility index (Phi) is 1.81. The fraction of sp³-hybridized carbons (Fsp3) is 0.0909. The van der Waals surface area contributed by atoms with Gasteiger partial charge in [0.2, 0.25) is 0 Å². The van der Waals surface area contributed by atoms with Crippen molar-refractivity contribution >= 4 is 11.6 Å². The summed E-state index contributed by atoms with van der Waals surface area (Å²) in [6.07, 6.45) is 10.1. The van der Waals surface area contributed by atoms with Crippen molar-refractivity contribution in [2.24, 2.45) is 0 Å². The van der Waals surface area contributed by atoms with Crippen LogP contribution in [0.3, 0.4) is 0 Å². The van der Waals surface area contributed by atoms with E-state index in [1.807, 2.05) is 0 Å². The second kappa shape index (κ2) is 2.98. The van der Waals surface area contributed by atoms with Gasteiger partial charge < -0.3 is 0 Å². The van der Waals surface area contributed by atoms with Gasteiger partial charge in [0.15, 0.2) is 11.6 Å². The highest BCUT2D eigenvalue weighted by Gasteiger charge is 2.16. The molecular formula is C11H8O2. The van der Waals surface area contributed by atoms with E-state index in [9.17, 15) is 9.59 Å². The highest BCUT2D eigenvalue weighted by molar-refractivity contribution is 6.11. The van der Waals surface area contributed by atoms with Gasteiger partial charge in [-0.1, -0.05) is 24.3 Å². The molecule has 2 bridgehead atoms. The van der Waals surface area contributed by atoms with E-state index in [1.54, 1.807) is 24.3 Å². The molecule has 0 aromatic rings. The van der Waals surface area contributed by atoms with Gasteiger partial charge in [-0.15, -0.1) is 0 Å². The van der Waals surface area contributed by atoms with E-state index >= 15 is 0 Å². The van der Waals surface area contributed by atoms with Crippen LogP contribution in [0.5, 0.6) is 0 Å². The molecule has 0 amide bonds. The molecule has 0 N–H and O–H groups in total. The molecule has 2 aliphatic rings. The largest absolute Gasteiger partial charge is 0.290 e. The lowest BCUT2D eigenvalue weighted by Gasteiger charge is -1.99. The molecule has 64 valence electrons. The first kappa shape index (κ1) is 7.92. The normalized spacial score (nSPS) is 20.6. The summed E-state index contributed by atoms with van der Waals surface area (Å²) >= 11 is 0. The Morgan fingerprint density at radius 1 is 0.846 bits per heavy atom. The highest BCUT2D eigenvalue weighted by Crippen LogP contribution is 2.20. The molecule has 0 heterocycles. The fourth-order valence-electron chi connectivity index (χ4n) is 1.38. The van der Waals surface area contributed by atoms with Crippen molar-refractivity contribution in [3.63, 3.8) is 0 Å². The number of allylic oxidation sites excluding steroid dienone is 8. The van der Waals surface area contributed by atoms with Crippen LogP contribution in [0.1, 0.15) is 6.42 Å². The molecule has 0 radical (unpaired) electrons. The maximum atomic E-state index is 11.4. The second-order valence-electron chi connectivity index (χ2n) is 3.01. The van der Waals surface area contributed by atoms with Crippen LogP contribution in [0, 0.1) is 0 Å². The lowest BCUT2D eigenvalue weighted by molar-refractivity contribution is -0.111. The van der Waals surface area contributed by atoms with Gasteiger partial charge in [-0.2, -0.15) is 0 Å². The number of fused-ring (bicyclic) bond motifs is 2. The third-order valence-corrected chi connectivity index (χ3v) is 2.10. The molecule has 0 fully saturated rings. The maximum Gasteiger partial charge on any atom is 0.182 e. The summed E-state index contributed by atoms with van der Waals surface area (Å²) in [6, 6.07) is 0. The Morgan fingerprint density at radius 3 is 1.77 bits per heavy atom. The molecule has 0 spiro atoms. The third-order valence-electron chi connectivity index (χ3n) is 2.10. The zero-order valence-corrected chi connectivity index (χ0v) is 6.99. The van der Waals surface area contributed by atoms with Gasteiger partial charge in [0.25, 0.3) is 0 Å². The van der Waals surface area contributed by atoms with Gasteiger partial charge in [-0.3, -0.25) is 9.59 Å². The third kappa shape index (κ3) is 1.43. The maximum absolute atomic E-state index is 11.4. The smallest absolute Gasteiger partial charge is 0.182 e. The van der Waals surface area contributed by atoms with Crippen molar-refractivity contribution in [2.75, 3.05) is 0 Å². The molecule has 2 nitrogen and oxygen atoms in total. The number of hydrogen-bond donors (Lipinski definition) is 0. The van der Waals surface area contributed by atoms with Gasteiger partial charge in [0, 0.05) is 17.6 Å². The summed E-state index contributed by atoms with van der Waals surface area (Å²) in [5.41, 5.74) is 1.37. The summed E-state index contributed by atoms with van der Waals surface area (Å²) in [7, 11) is 0. The monoisotopic (exact) mass is 172 g/mol. The van der Waals surface area contributed by atoms with E-state index in [0.29, 0.717) is 17.6 Å². The van der Waals surface area contributed by atoms with Crippen molar-refractivity contribution in [3.8, 4) is 0 Å². The molecule has 2 rings (SSSR count). The molecule has 0 aromatic heterocycles. The number of carbonyl (C=O) groups excluding carboxylic acids is 2. The standard InChI is InChI=1S/C11H8O2/c12-10-5-1-3-8-7-9(10)4-2-6-11(8)13/h1-6H,7H2. The minimum atomic E-state index is -0.00870. The predicted molar refractivity (Wildman–Crippen MR) is 49.1 cm³/mol. The molecule has 0 unspecified atom stereocenters. The van der Waals surface area contributed by atoms with Crippen molar-refractivity contribution in [3.05, 3.63) is 47.6 Å². The van der Waals surface area contributed by atoms with Crippen LogP contribution in [0.2, 0.25) is 0 Å². The first-order valence-electron chi connectivity index (χ1n) is 4.10. The summed E-state index contributed by atoms with van der Waals surface area (Å²) < 4.78 is 0. The van der Waals surface area contributed by atoms with Gasteiger partial charge in [0.1, 0.15) is 0 Å². The Hall–Kier alpha value is -1.70. The molecule has 13 heavy (non-hydrogen) atoms. The molecule has 2 heteroatoms. The minimum absolute atomic E-state index is 0.00870. The van der Waals surface area contributed by atoms with Crippen molar-refractivity contribution in [1.29, 1.82) is 0 Å². The number of hydrogen-bond acceptors (Lipinski definition) is 2. The average Bonchev–Trinajstić information content (AvgIpc) is 2.38. The van der Waals surface area contributed by atoms with Gasteiger partial charge in [0.05, 0.1) is 0 Å². The van der Waals surface area contributed by atoms with Crippen LogP contribution >= 0.6 is 0 Å². The highest BCUT2D eigenvalue weighted by atomic mass is 16.1. The van der Waals surface area contributed by atoms with Crippen LogP contribution in [0.4, 0.5) is 0 Å². The van der Waals surface area contributed by atoms with Gasteiger partial charge in [-0.05, 0) is 12.2 Å². The Bertz CT molecular complexity index is 354. The molecule has 2 aliphatic carbocycles. The summed E-state index contributed by atoms with van der Waals surface area (Å²) in [5.74, 6) is -0.0174. The SMILES string of the molecule is O=C1C=CC=C2CC1=CC=CC2=O. The Balaban J connectivity index is 2.51. The lowest BCUT2D eigenvalue weighted by atomic mass is 10.0. The van der Waals surface area contributed by atoms with Crippen LogP contribution in [0.25, 0.3) is 0 Å². The van der Waals surface area contributed by atoms with E-state index in [0.717, 1.165) is 0 Å². The topological polar surface area (TPSA) is 34.1 Å². The molecule has 0 saturated carbocycles. The van der Waals surface area contributed by atoms with Crippen LogP contribution in [-0.2, 0) is 9.59 Å². The molecule has 0 aromatic carbocycles. The van der Waals surface area contributed by atoms with Gasteiger partial charge in [-0.25, -0.2) is 0 Å². The Morgan fingerprint density at radius 2 is 1.31 bits per heavy atom. The number of ketones is 2. The van der Waals surface area contributed by atoms with E-state index in [4.69, 9.17) is 0 Å². The van der Waals surface area contributed by atoms with Crippen LogP contribution in [0.15, 0.2) is 47.6 Å². The minimum Gasteiger partial charge on any atom is -0.290 e. The number of carbonyl (C=O) groups is 2. The van der Waals surface area contributed by atoms with E-state index in [1.165, 1.54) is 12.2 Å². The molecular weight excluding hydrogens is 164 g/mol. The summed E-state index contributed by atoms with van der Waals surface area (Å²) in [4.78, 5) is 22.7. The Labute approximate surface area is 75.9 Å². The molecule has 0 saturated heterocycles. The second-order valence-corrected chi connectivity index (χ2v) is 3.01. The first-order chi connectivity index (χ1) is 6.27. The van der Waals surface area contributed by atoms with Crippen LogP contribution in [-0.4, -0.2) is 11.6 Å². The van der Waals surface area contributed by atoms with E-state index in [-0.39, 0.29) is 11.6 Å². The predicted octanol–water partition coefficient (Wildman–Crippen LogP) is 1.51. The summed E-state index contributed by atoms with van der Waals surface area (Å²) in [5, 5.41) is 0. The molecule has 0 aliphatic heterocycles. The van der Waals surface area contributed by atoms with E-state index in [2.05, 4.69) is 0 Å². The first-order valence-corrected chi connectivity index (χ1v) is 4.10. The molecule has 0 atom stereocenters.